The molecule has 0 fully saturated rings. The Morgan fingerprint density at radius 1 is 1.07 bits per heavy atom. The maximum atomic E-state index is 13.2. The van der Waals surface area contributed by atoms with Crippen LogP contribution in [0.3, 0.4) is 0 Å². The van der Waals surface area contributed by atoms with Crippen LogP contribution in [-0.4, -0.2) is 29.7 Å². The lowest BCUT2D eigenvalue weighted by Crippen LogP contribution is -2.18. The molecule has 0 unspecified atom stereocenters. The summed E-state index contributed by atoms with van der Waals surface area (Å²) in [5, 5.41) is 7.27. The monoisotopic (exact) mass is 424 g/mol. The number of methoxy groups -OCH3 is 1. The van der Waals surface area contributed by atoms with Gasteiger partial charge >= 0.3 is 0 Å². The Kier molecular flexibility index (Phi) is 5.28. The van der Waals surface area contributed by atoms with E-state index in [0.717, 1.165) is 21.0 Å². The highest BCUT2D eigenvalue weighted by molar-refractivity contribution is 7.90. The first kappa shape index (κ1) is 19.7. The molecule has 0 amide bonds. The van der Waals surface area contributed by atoms with Crippen LogP contribution in [0, 0.1) is 6.92 Å². The molecule has 9 heteroatoms. The summed E-state index contributed by atoms with van der Waals surface area (Å²) in [6, 6.07) is 17.4. The molecule has 154 valence electrons. The normalized spacial score (nSPS) is 11.4. The van der Waals surface area contributed by atoms with E-state index in [1.165, 1.54) is 6.26 Å². The number of aryl methyl sites for hydroxylation is 1. The van der Waals surface area contributed by atoms with Crippen molar-refractivity contribution in [2.75, 3.05) is 12.4 Å². The van der Waals surface area contributed by atoms with Gasteiger partial charge in [0.05, 0.1) is 18.3 Å². The van der Waals surface area contributed by atoms with Crippen molar-refractivity contribution < 1.29 is 17.6 Å². The van der Waals surface area contributed by atoms with Gasteiger partial charge in [-0.1, -0.05) is 29.8 Å². The minimum atomic E-state index is -3.95. The number of furan rings is 1. The summed E-state index contributed by atoms with van der Waals surface area (Å²) >= 11 is 0. The zero-order chi connectivity index (χ0) is 21.1. The fraction of sp³-hybridized carbons (Fsp3) is 0.143. The first-order valence-corrected chi connectivity index (χ1v) is 10.6. The van der Waals surface area contributed by atoms with Crippen molar-refractivity contribution in [1.82, 2.24) is 14.2 Å². The van der Waals surface area contributed by atoms with E-state index < -0.39 is 10.0 Å². The highest BCUT2D eigenvalue weighted by Crippen LogP contribution is 2.23. The van der Waals surface area contributed by atoms with Gasteiger partial charge < -0.3 is 14.5 Å². The summed E-state index contributed by atoms with van der Waals surface area (Å²) in [7, 11) is -2.35. The van der Waals surface area contributed by atoms with E-state index in [2.05, 4.69) is 15.4 Å². The standard InChI is InChI=1S/C21H20N4O4S/c1-15-5-11-18(12-6-15)30(26,27)25-21(23-20(24-25)19-4-3-13-29-19)22-14-16-7-9-17(28-2)10-8-16/h3-13H,14H2,1-2H3,(H,22,23,24). The Labute approximate surface area is 174 Å². The van der Waals surface area contributed by atoms with Gasteiger partial charge in [0.15, 0.2) is 5.76 Å². The Balaban J connectivity index is 1.70. The lowest BCUT2D eigenvalue weighted by Gasteiger charge is -2.09. The molecule has 4 aromatic rings. The second-order valence-corrected chi connectivity index (χ2v) is 8.37. The fourth-order valence-electron chi connectivity index (χ4n) is 2.82. The first-order valence-electron chi connectivity index (χ1n) is 9.17. The van der Waals surface area contributed by atoms with Gasteiger partial charge in [-0.15, -0.1) is 9.19 Å². The van der Waals surface area contributed by atoms with Gasteiger partial charge in [-0.25, -0.2) is 0 Å². The number of hydrogen-bond donors (Lipinski definition) is 1. The van der Waals surface area contributed by atoms with Gasteiger partial charge in [-0.2, -0.15) is 13.4 Å². The SMILES string of the molecule is COc1ccc(CNc2nc(-c3ccco3)nn2S(=O)(=O)c2ccc(C)cc2)cc1. The summed E-state index contributed by atoms with van der Waals surface area (Å²) in [4.78, 5) is 4.48. The molecule has 1 N–H and O–H groups in total. The molecule has 2 aromatic carbocycles. The number of aromatic nitrogens is 3. The smallest absolute Gasteiger partial charge is 0.286 e. The van der Waals surface area contributed by atoms with Gasteiger partial charge in [-0.3, -0.25) is 0 Å². The minimum Gasteiger partial charge on any atom is -0.497 e. The maximum absolute atomic E-state index is 13.2. The van der Waals surface area contributed by atoms with E-state index in [-0.39, 0.29) is 16.7 Å². The van der Waals surface area contributed by atoms with Crippen LogP contribution in [0.2, 0.25) is 0 Å². The summed E-state index contributed by atoms with van der Waals surface area (Å²) in [5.41, 5.74) is 1.89. The number of hydrogen-bond acceptors (Lipinski definition) is 7. The minimum absolute atomic E-state index is 0.0952. The first-order chi connectivity index (χ1) is 14.5. The summed E-state index contributed by atoms with van der Waals surface area (Å²) in [6.45, 7) is 2.24. The number of rotatable bonds is 7. The molecule has 8 nitrogen and oxygen atoms in total. The topological polar surface area (TPSA) is 99.2 Å². The molecule has 0 aliphatic rings. The molecule has 0 spiro atoms. The predicted molar refractivity (Wildman–Crippen MR) is 112 cm³/mol. The largest absolute Gasteiger partial charge is 0.497 e. The second kappa shape index (κ2) is 8.03. The second-order valence-electron chi connectivity index (χ2n) is 6.60. The molecule has 2 heterocycles. The molecule has 2 aromatic heterocycles. The molecule has 0 saturated carbocycles. The number of ether oxygens (including phenoxy) is 1. The molecule has 0 aliphatic heterocycles. The fourth-order valence-corrected chi connectivity index (χ4v) is 4.02. The van der Waals surface area contributed by atoms with Gasteiger partial charge in [0, 0.05) is 6.54 Å². The third kappa shape index (κ3) is 3.92. The molecule has 0 saturated heterocycles. The summed E-state index contributed by atoms with van der Waals surface area (Å²) in [5.74, 6) is 1.38. The Morgan fingerprint density at radius 2 is 1.80 bits per heavy atom. The molecular weight excluding hydrogens is 404 g/mol. The maximum Gasteiger partial charge on any atom is 0.286 e. The highest BCUT2D eigenvalue weighted by Gasteiger charge is 2.25. The zero-order valence-corrected chi connectivity index (χ0v) is 17.3. The van der Waals surface area contributed by atoms with Crippen molar-refractivity contribution in [3.05, 3.63) is 78.1 Å². The van der Waals surface area contributed by atoms with E-state index in [0.29, 0.717) is 12.3 Å². The average Bonchev–Trinajstić information content (AvgIpc) is 3.43. The number of nitrogens with one attached hydrogen (secondary N) is 1. The van der Waals surface area contributed by atoms with Crippen molar-refractivity contribution in [3.63, 3.8) is 0 Å². The van der Waals surface area contributed by atoms with E-state index in [9.17, 15) is 8.42 Å². The van der Waals surface area contributed by atoms with Crippen LogP contribution >= 0.6 is 0 Å². The number of benzene rings is 2. The van der Waals surface area contributed by atoms with Gasteiger partial charge in [-0.05, 0) is 48.9 Å². The Morgan fingerprint density at radius 3 is 2.43 bits per heavy atom. The molecule has 0 aliphatic carbocycles. The molecule has 30 heavy (non-hydrogen) atoms. The number of anilines is 1. The van der Waals surface area contributed by atoms with Crippen molar-refractivity contribution in [1.29, 1.82) is 0 Å². The van der Waals surface area contributed by atoms with Crippen LogP contribution in [0.15, 0.2) is 76.2 Å². The molecule has 0 radical (unpaired) electrons. The van der Waals surface area contributed by atoms with E-state index in [1.54, 1.807) is 43.5 Å². The van der Waals surface area contributed by atoms with Crippen LogP contribution in [0.5, 0.6) is 5.75 Å². The third-order valence-electron chi connectivity index (χ3n) is 4.48. The molecular formula is C21H20N4O4S. The van der Waals surface area contributed by atoms with Crippen LogP contribution in [-0.2, 0) is 16.6 Å². The third-order valence-corrected chi connectivity index (χ3v) is 6.05. The Hall–Kier alpha value is -3.59. The van der Waals surface area contributed by atoms with E-state index >= 15 is 0 Å². The van der Waals surface area contributed by atoms with Crippen molar-refractivity contribution >= 4 is 16.0 Å². The van der Waals surface area contributed by atoms with Gasteiger partial charge in [0.1, 0.15) is 5.75 Å². The lowest BCUT2D eigenvalue weighted by molar-refractivity contribution is 0.414. The van der Waals surface area contributed by atoms with Gasteiger partial charge in [0.25, 0.3) is 10.0 Å². The predicted octanol–water partition coefficient (Wildman–Crippen LogP) is 3.70. The van der Waals surface area contributed by atoms with E-state index in [1.807, 2.05) is 31.2 Å². The van der Waals surface area contributed by atoms with Crippen molar-refractivity contribution in [3.8, 4) is 17.3 Å². The highest BCUT2D eigenvalue weighted by atomic mass is 32.2. The summed E-state index contributed by atoms with van der Waals surface area (Å²) in [6.07, 6.45) is 1.48. The van der Waals surface area contributed by atoms with Crippen LogP contribution < -0.4 is 10.1 Å². The van der Waals surface area contributed by atoms with Crippen LogP contribution in [0.4, 0.5) is 5.95 Å². The quantitative estimate of drug-likeness (QED) is 0.483. The zero-order valence-electron chi connectivity index (χ0n) is 16.4. The number of nitrogens with zero attached hydrogens (tertiary/aromatic N) is 3. The lowest BCUT2D eigenvalue weighted by atomic mass is 10.2. The molecule has 0 atom stereocenters. The van der Waals surface area contributed by atoms with Crippen LogP contribution in [0.1, 0.15) is 11.1 Å². The average molecular weight is 424 g/mol. The molecule has 0 bridgehead atoms. The van der Waals surface area contributed by atoms with E-state index in [4.69, 9.17) is 9.15 Å². The van der Waals surface area contributed by atoms with Crippen LogP contribution in [0.25, 0.3) is 11.6 Å². The van der Waals surface area contributed by atoms with Gasteiger partial charge in [0.2, 0.25) is 11.8 Å². The van der Waals surface area contributed by atoms with Crippen molar-refractivity contribution in [2.45, 2.75) is 18.4 Å². The Bertz CT molecular complexity index is 1230. The summed E-state index contributed by atoms with van der Waals surface area (Å²) < 4.78 is 37.8. The molecule has 4 rings (SSSR count). The van der Waals surface area contributed by atoms with Crippen molar-refractivity contribution in [2.24, 2.45) is 0 Å².